The summed E-state index contributed by atoms with van der Waals surface area (Å²) in [5.74, 6) is -2.56. The van der Waals surface area contributed by atoms with Gasteiger partial charge in [0.2, 0.25) is 17.7 Å². The largest absolute Gasteiger partial charge is 0.324 e. The zero-order chi connectivity index (χ0) is 21.7. The number of amides is 3. The molecule has 3 saturated heterocycles. The van der Waals surface area contributed by atoms with Crippen LogP contribution in [-0.4, -0.2) is 35.2 Å². The highest BCUT2D eigenvalue weighted by molar-refractivity contribution is 6.38. The lowest BCUT2D eigenvalue weighted by Crippen LogP contribution is -2.54. The Morgan fingerprint density at radius 1 is 0.968 bits per heavy atom. The van der Waals surface area contributed by atoms with E-state index in [-0.39, 0.29) is 28.6 Å². The first-order valence-corrected chi connectivity index (χ1v) is 11.2. The number of benzene rings is 2. The maximum atomic E-state index is 13.9. The van der Waals surface area contributed by atoms with Crippen molar-refractivity contribution in [2.24, 2.45) is 11.8 Å². The van der Waals surface area contributed by atoms with E-state index in [1.54, 1.807) is 30.3 Å². The molecule has 2 aromatic rings. The predicted molar refractivity (Wildman–Crippen MR) is 117 cm³/mol. The van der Waals surface area contributed by atoms with Gasteiger partial charge in [0.15, 0.2) is 0 Å². The number of rotatable bonds is 1. The summed E-state index contributed by atoms with van der Waals surface area (Å²) >= 11 is 18.8. The summed E-state index contributed by atoms with van der Waals surface area (Å²) in [6, 6.07) is 9.65. The van der Waals surface area contributed by atoms with E-state index in [1.807, 2.05) is 4.90 Å². The third-order valence-corrected chi connectivity index (χ3v) is 7.89. The van der Waals surface area contributed by atoms with Gasteiger partial charge in [-0.05, 0) is 55.8 Å². The highest BCUT2D eigenvalue weighted by atomic mass is 35.5. The molecule has 6 rings (SSSR count). The summed E-state index contributed by atoms with van der Waals surface area (Å²) in [7, 11) is 0. The number of halogens is 3. The maximum absolute atomic E-state index is 13.9. The minimum atomic E-state index is -1.27. The van der Waals surface area contributed by atoms with Crippen molar-refractivity contribution < 1.29 is 14.4 Å². The average Bonchev–Trinajstić information content (AvgIpc) is 3.43. The summed E-state index contributed by atoms with van der Waals surface area (Å²) in [6.07, 6.45) is 1.58. The normalized spacial score (nSPS) is 31.4. The number of carbonyl (C=O) groups is 3. The topological polar surface area (TPSA) is 69.7 Å². The molecule has 4 aliphatic heterocycles. The Labute approximate surface area is 193 Å². The van der Waals surface area contributed by atoms with E-state index in [9.17, 15) is 14.4 Å². The van der Waals surface area contributed by atoms with Crippen LogP contribution in [0.4, 0.5) is 11.4 Å². The summed E-state index contributed by atoms with van der Waals surface area (Å²) in [6.45, 7) is 0.634. The van der Waals surface area contributed by atoms with Crippen LogP contribution in [0.3, 0.4) is 0 Å². The number of carbonyl (C=O) groups excluding carboxylic acids is 3. The molecule has 0 radical (unpaired) electrons. The molecule has 4 heterocycles. The fraction of sp³-hybridized carbons (Fsp3) is 0.318. The van der Waals surface area contributed by atoms with Gasteiger partial charge in [-0.25, -0.2) is 4.90 Å². The molecule has 0 saturated carbocycles. The lowest BCUT2D eigenvalue weighted by molar-refractivity contribution is -0.135. The van der Waals surface area contributed by atoms with Crippen LogP contribution in [0.25, 0.3) is 0 Å². The average molecular weight is 477 g/mol. The van der Waals surface area contributed by atoms with E-state index in [1.165, 1.54) is 6.07 Å². The zero-order valence-electron chi connectivity index (χ0n) is 16.1. The van der Waals surface area contributed by atoms with Gasteiger partial charge in [0.05, 0.1) is 22.5 Å². The highest BCUT2D eigenvalue weighted by Crippen LogP contribution is 2.61. The summed E-state index contributed by atoms with van der Waals surface area (Å²) < 4.78 is 0. The molecule has 3 amide bonds. The number of imide groups is 1. The molecule has 0 unspecified atom stereocenters. The molecule has 1 N–H and O–H groups in total. The summed E-state index contributed by atoms with van der Waals surface area (Å²) in [5.41, 5.74) is 0.270. The number of hydrogen-bond donors (Lipinski definition) is 1. The lowest BCUT2D eigenvalue weighted by Gasteiger charge is -2.36. The van der Waals surface area contributed by atoms with Crippen LogP contribution < -0.4 is 10.2 Å². The molecule has 158 valence electrons. The summed E-state index contributed by atoms with van der Waals surface area (Å²) in [5, 5.41) is 4.02. The third-order valence-electron chi connectivity index (χ3n) is 7.10. The molecule has 31 heavy (non-hydrogen) atoms. The van der Waals surface area contributed by atoms with E-state index in [2.05, 4.69) is 5.32 Å². The molecule has 1 spiro atoms. The molecule has 9 heteroatoms. The molecule has 4 atom stereocenters. The fourth-order valence-electron chi connectivity index (χ4n) is 6.07. The Hall–Kier alpha value is -2.12. The van der Waals surface area contributed by atoms with Gasteiger partial charge in [0.25, 0.3) is 0 Å². The maximum Gasteiger partial charge on any atom is 0.250 e. The van der Waals surface area contributed by atoms with Crippen molar-refractivity contribution in [3.8, 4) is 0 Å². The van der Waals surface area contributed by atoms with Crippen molar-refractivity contribution in [3.05, 3.63) is 57.0 Å². The number of anilines is 2. The minimum Gasteiger partial charge on any atom is -0.324 e. The zero-order valence-corrected chi connectivity index (χ0v) is 18.3. The third kappa shape index (κ3) is 2.31. The molecule has 2 aromatic carbocycles. The van der Waals surface area contributed by atoms with Gasteiger partial charge in [0, 0.05) is 27.3 Å². The smallest absolute Gasteiger partial charge is 0.250 e. The van der Waals surface area contributed by atoms with E-state index in [0.717, 1.165) is 17.7 Å². The van der Waals surface area contributed by atoms with Gasteiger partial charge in [-0.1, -0.05) is 34.8 Å². The number of nitrogens with one attached hydrogen (secondary N) is 1. The second kappa shape index (κ2) is 6.45. The molecule has 6 nitrogen and oxygen atoms in total. The summed E-state index contributed by atoms with van der Waals surface area (Å²) in [4.78, 5) is 44.2. The predicted octanol–water partition coefficient (Wildman–Crippen LogP) is 4.08. The fourth-order valence-corrected chi connectivity index (χ4v) is 6.61. The molecule has 3 fully saturated rings. The first kappa shape index (κ1) is 19.6. The second-order valence-electron chi connectivity index (χ2n) is 8.42. The number of fused-ring (bicyclic) bond motifs is 7. The Bertz CT molecular complexity index is 1200. The molecule has 0 aromatic heterocycles. The Kier molecular flexibility index (Phi) is 4.07. The van der Waals surface area contributed by atoms with Crippen molar-refractivity contribution in [2.45, 2.75) is 24.4 Å². The van der Waals surface area contributed by atoms with Crippen LogP contribution >= 0.6 is 34.8 Å². The van der Waals surface area contributed by atoms with Crippen LogP contribution in [0.2, 0.25) is 15.1 Å². The van der Waals surface area contributed by atoms with Crippen molar-refractivity contribution >= 4 is 63.9 Å². The van der Waals surface area contributed by atoms with Crippen LogP contribution in [0.15, 0.2) is 36.4 Å². The van der Waals surface area contributed by atoms with Gasteiger partial charge in [-0.15, -0.1) is 0 Å². The van der Waals surface area contributed by atoms with E-state index < -0.39 is 23.3 Å². The van der Waals surface area contributed by atoms with Crippen LogP contribution in [0.1, 0.15) is 18.4 Å². The SMILES string of the molecule is O=C1[C@@H]2[C@@H]3CCCN3[C@@]3(C(=O)Nc4ccc(Cl)cc43)[C@H]2C(=O)N1c1cc(Cl)ccc1Cl. The molecule has 0 bridgehead atoms. The van der Waals surface area contributed by atoms with Crippen molar-refractivity contribution in [1.29, 1.82) is 0 Å². The first-order chi connectivity index (χ1) is 14.9. The van der Waals surface area contributed by atoms with Gasteiger partial charge in [0.1, 0.15) is 5.54 Å². The first-order valence-electron chi connectivity index (χ1n) is 10.1. The quantitative estimate of drug-likeness (QED) is 0.630. The highest BCUT2D eigenvalue weighted by Gasteiger charge is 2.74. The van der Waals surface area contributed by atoms with Crippen LogP contribution in [0.5, 0.6) is 0 Å². The molecular weight excluding hydrogens is 461 g/mol. The minimum absolute atomic E-state index is 0.208. The number of hydrogen-bond acceptors (Lipinski definition) is 4. The lowest BCUT2D eigenvalue weighted by atomic mass is 9.75. The van der Waals surface area contributed by atoms with Crippen LogP contribution in [0, 0.1) is 11.8 Å². The van der Waals surface area contributed by atoms with Gasteiger partial charge in [-0.3, -0.25) is 19.3 Å². The molecule has 4 aliphatic rings. The van der Waals surface area contributed by atoms with Crippen molar-refractivity contribution in [3.63, 3.8) is 0 Å². The van der Waals surface area contributed by atoms with E-state index in [4.69, 9.17) is 34.8 Å². The van der Waals surface area contributed by atoms with Gasteiger partial charge in [-0.2, -0.15) is 0 Å². The van der Waals surface area contributed by atoms with E-state index in [0.29, 0.717) is 27.8 Å². The second-order valence-corrected chi connectivity index (χ2v) is 9.70. The van der Waals surface area contributed by atoms with Crippen molar-refractivity contribution in [1.82, 2.24) is 4.90 Å². The van der Waals surface area contributed by atoms with Gasteiger partial charge >= 0.3 is 0 Å². The Balaban J connectivity index is 1.58. The molecule has 0 aliphatic carbocycles. The monoisotopic (exact) mass is 475 g/mol. The van der Waals surface area contributed by atoms with Crippen molar-refractivity contribution in [2.75, 3.05) is 16.8 Å². The number of nitrogens with zero attached hydrogens (tertiary/aromatic N) is 2. The van der Waals surface area contributed by atoms with Crippen LogP contribution in [-0.2, 0) is 19.9 Å². The van der Waals surface area contributed by atoms with Gasteiger partial charge < -0.3 is 5.32 Å². The van der Waals surface area contributed by atoms with E-state index >= 15 is 0 Å². The Morgan fingerprint density at radius 2 is 1.71 bits per heavy atom. The Morgan fingerprint density at radius 3 is 2.52 bits per heavy atom. The molecular formula is C22H16Cl3N3O3. The standard InChI is InChI=1S/C22H16Cl3N3O3/c23-10-4-6-14-12(8-10)22(21(31)26-14)18-17(15-2-1-7-27(15)22)19(29)28(20(18)30)16-9-11(24)3-5-13(16)25/h3-6,8-9,15,17-18H,1-2,7H2,(H,26,31)/t15-,17+,18+,22+/m0/s1.